The zero-order chi connectivity index (χ0) is 28.2. The van der Waals surface area contributed by atoms with Gasteiger partial charge >= 0.3 is 5.69 Å². The van der Waals surface area contributed by atoms with Crippen LogP contribution in [0.1, 0.15) is 50.5 Å². The van der Waals surface area contributed by atoms with E-state index in [1.807, 2.05) is 30.3 Å². The highest BCUT2D eigenvalue weighted by atomic mass is 35.5. The molecule has 1 saturated carbocycles. The van der Waals surface area contributed by atoms with Gasteiger partial charge < -0.3 is 5.32 Å². The number of nitrogens with one attached hydrogen (secondary N) is 2. The second-order valence-corrected chi connectivity index (χ2v) is 10.6. The lowest BCUT2D eigenvalue weighted by molar-refractivity contribution is -0.119. The Hall–Kier alpha value is -4.67. The number of hydrogen-bond donors (Lipinski definition) is 2. The number of pyridine rings is 2. The van der Waals surface area contributed by atoms with Crippen LogP contribution in [0.4, 0.5) is 0 Å². The monoisotopic (exact) mass is 577 g/mol. The highest BCUT2D eigenvalue weighted by Gasteiger charge is 2.39. The predicted molar refractivity (Wildman–Crippen MR) is 169 cm³/mol. The fourth-order valence-electron chi connectivity index (χ4n) is 5.59. The molecule has 1 fully saturated rings. The van der Waals surface area contributed by atoms with Crippen LogP contribution in [-0.2, 0) is 10.3 Å². The lowest BCUT2D eigenvalue weighted by Crippen LogP contribution is -2.50. The first-order valence-electron chi connectivity index (χ1n) is 14.1. The van der Waals surface area contributed by atoms with Gasteiger partial charge in [-0.15, -0.1) is 24.8 Å². The number of aromatic nitrogens is 4. The molecule has 0 spiro atoms. The van der Waals surface area contributed by atoms with Gasteiger partial charge in [-0.25, -0.2) is 19.3 Å². The molecule has 1 aliphatic rings. The van der Waals surface area contributed by atoms with Crippen molar-refractivity contribution in [1.82, 2.24) is 24.9 Å². The number of benzene rings is 2. The minimum Gasteiger partial charge on any atom is -0.343 e. The molecule has 7 nitrogen and oxygen atoms in total. The third-order valence-corrected chi connectivity index (χ3v) is 7.96. The van der Waals surface area contributed by atoms with Crippen LogP contribution in [0.5, 0.6) is 0 Å². The number of carbonyl (C=O) groups excluding carboxylic acids is 1. The summed E-state index contributed by atoms with van der Waals surface area (Å²) in [5.41, 5.74) is 5.56. The van der Waals surface area contributed by atoms with Gasteiger partial charge in [-0.05, 0) is 67.9 Å². The zero-order valence-electron chi connectivity index (χ0n) is 23.2. The van der Waals surface area contributed by atoms with Crippen molar-refractivity contribution in [3.8, 4) is 34.7 Å². The predicted octanol–water partition coefficient (Wildman–Crippen LogP) is 6.57. The average molecular weight is 578 g/mol. The number of allylic oxidation sites excluding steroid dienone is 1. The molecule has 2 aromatic carbocycles. The SMILES string of the molecule is C#CCCCCC=CC(=O)NC1(c2ccc(-c3nc4ccn5c(=O)[nH]nc5c4cc3-c3ccccc3)cc2)CCC1.Cl. The molecule has 0 unspecified atom stereocenters. The minimum atomic E-state index is -0.346. The van der Waals surface area contributed by atoms with E-state index in [1.54, 1.807) is 12.3 Å². The fourth-order valence-corrected chi connectivity index (χ4v) is 5.59. The number of rotatable bonds is 9. The highest BCUT2D eigenvalue weighted by Crippen LogP contribution is 2.42. The molecular formula is C34H32ClN5O2. The van der Waals surface area contributed by atoms with Crippen molar-refractivity contribution in [1.29, 1.82) is 0 Å². The number of unbranched alkanes of at least 4 members (excludes halogenated alkanes) is 3. The maximum Gasteiger partial charge on any atom is 0.347 e. The van der Waals surface area contributed by atoms with Crippen molar-refractivity contribution >= 4 is 34.9 Å². The normalized spacial score (nSPS) is 13.9. The van der Waals surface area contributed by atoms with Crippen LogP contribution >= 0.6 is 12.4 Å². The zero-order valence-corrected chi connectivity index (χ0v) is 24.0. The molecule has 8 heteroatoms. The van der Waals surface area contributed by atoms with Crippen LogP contribution in [0.25, 0.3) is 38.9 Å². The minimum absolute atomic E-state index is 0. The van der Waals surface area contributed by atoms with Crippen LogP contribution in [-0.4, -0.2) is 25.5 Å². The van der Waals surface area contributed by atoms with E-state index in [9.17, 15) is 9.59 Å². The maximum atomic E-state index is 12.8. The summed E-state index contributed by atoms with van der Waals surface area (Å²) >= 11 is 0. The number of hydrogen-bond acceptors (Lipinski definition) is 4. The molecule has 0 aliphatic heterocycles. The van der Waals surface area contributed by atoms with E-state index in [1.165, 1.54) is 4.40 Å². The van der Waals surface area contributed by atoms with Crippen LogP contribution in [0.2, 0.25) is 0 Å². The smallest absolute Gasteiger partial charge is 0.343 e. The summed E-state index contributed by atoms with van der Waals surface area (Å²) in [5, 5.41) is 10.8. The first kappa shape index (κ1) is 28.8. The number of fused-ring (bicyclic) bond motifs is 3. The van der Waals surface area contributed by atoms with Crippen molar-refractivity contribution in [2.45, 2.75) is 50.5 Å². The van der Waals surface area contributed by atoms with E-state index in [0.29, 0.717) is 5.65 Å². The largest absolute Gasteiger partial charge is 0.347 e. The molecule has 212 valence electrons. The van der Waals surface area contributed by atoms with Gasteiger partial charge in [0.05, 0.1) is 16.7 Å². The summed E-state index contributed by atoms with van der Waals surface area (Å²) in [4.78, 5) is 30.0. The van der Waals surface area contributed by atoms with Gasteiger partial charge in [0.1, 0.15) is 0 Å². The van der Waals surface area contributed by atoms with Crippen LogP contribution < -0.4 is 11.0 Å². The maximum absolute atomic E-state index is 12.8. The molecule has 6 rings (SSSR count). The third kappa shape index (κ3) is 5.59. The quantitative estimate of drug-likeness (QED) is 0.118. The number of halogens is 1. The molecule has 0 bridgehead atoms. The van der Waals surface area contributed by atoms with E-state index in [0.717, 1.165) is 83.8 Å². The average Bonchev–Trinajstić information content (AvgIpc) is 3.37. The molecule has 3 aromatic heterocycles. The Labute approximate surface area is 250 Å². The molecule has 1 amide bonds. The summed E-state index contributed by atoms with van der Waals surface area (Å²) < 4.78 is 1.49. The Morgan fingerprint density at radius 3 is 2.57 bits per heavy atom. The molecule has 0 saturated heterocycles. The van der Waals surface area contributed by atoms with Crippen LogP contribution in [0, 0.1) is 12.3 Å². The van der Waals surface area contributed by atoms with Crippen molar-refractivity contribution in [2.75, 3.05) is 0 Å². The van der Waals surface area contributed by atoms with Gasteiger partial charge in [0, 0.05) is 29.1 Å². The third-order valence-electron chi connectivity index (χ3n) is 7.96. The lowest BCUT2D eigenvalue weighted by atomic mass is 9.71. The van der Waals surface area contributed by atoms with Gasteiger partial charge in [0.2, 0.25) is 5.91 Å². The first-order valence-corrected chi connectivity index (χ1v) is 14.1. The van der Waals surface area contributed by atoms with Gasteiger partial charge in [-0.3, -0.25) is 4.79 Å². The summed E-state index contributed by atoms with van der Waals surface area (Å²) in [6, 6.07) is 22.4. The molecule has 0 radical (unpaired) electrons. The number of nitrogens with zero attached hydrogens (tertiary/aromatic N) is 3. The number of carbonyl (C=O) groups is 1. The molecule has 3 heterocycles. The lowest BCUT2D eigenvalue weighted by Gasteiger charge is -2.43. The van der Waals surface area contributed by atoms with Crippen molar-refractivity contribution in [3.05, 3.63) is 101 Å². The molecular weight excluding hydrogens is 546 g/mol. The topological polar surface area (TPSA) is 92.2 Å². The summed E-state index contributed by atoms with van der Waals surface area (Å²) in [6.45, 7) is 0. The van der Waals surface area contributed by atoms with Gasteiger partial charge in [-0.2, -0.15) is 5.10 Å². The Morgan fingerprint density at radius 2 is 1.86 bits per heavy atom. The molecule has 5 aromatic rings. The van der Waals surface area contributed by atoms with E-state index >= 15 is 0 Å². The Kier molecular flexibility index (Phi) is 8.56. The Morgan fingerprint density at radius 1 is 1.07 bits per heavy atom. The van der Waals surface area contributed by atoms with Crippen LogP contribution in [0.15, 0.2) is 89.9 Å². The van der Waals surface area contributed by atoms with E-state index in [4.69, 9.17) is 11.4 Å². The molecule has 42 heavy (non-hydrogen) atoms. The standard InChI is InChI=1S/C34H31N5O2.ClH/c1-2-3-4-5-6-10-14-30(40)36-34(20-11-21-34)26-17-15-25(16-18-26)31-27(24-12-8-7-9-13-24)23-28-29(35-31)19-22-39-32(28)37-38-33(39)41;/h1,7-10,12-19,22-23H,3-6,11,20-21H2,(H,36,40)(H,38,41);1H. The van der Waals surface area contributed by atoms with Gasteiger partial charge in [-0.1, -0.05) is 60.7 Å². The second-order valence-electron chi connectivity index (χ2n) is 10.6. The molecule has 2 N–H and O–H groups in total. The highest BCUT2D eigenvalue weighted by molar-refractivity contribution is 5.98. The number of aromatic amines is 1. The fraction of sp³-hybridized carbons (Fsp3) is 0.235. The summed E-state index contributed by atoms with van der Waals surface area (Å²) in [5.74, 6) is 2.59. The van der Waals surface area contributed by atoms with Crippen molar-refractivity contribution in [3.63, 3.8) is 0 Å². The Balaban J connectivity index is 0.00000353. The Bertz CT molecular complexity index is 1850. The second kappa shape index (κ2) is 12.5. The van der Waals surface area contributed by atoms with Gasteiger partial charge in [0.25, 0.3) is 0 Å². The number of H-pyrrole nitrogens is 1. The molecule has 1 aliphatic carbocycles. The summed E-state index contributed by atoms with van der Waals surface area (Å²) in [7, 11) is 0. The summed E-state index contributed by atoms with van der Waals surface area (Å²) in [6.07, 6.45) is 17.1. The number of terminal acetylenes is 1. The molecule has 0 atom stereocenters. The number of amides is 1. The van der Waals surface area contributed by atoms with Crippen molar-refractivity contribution < 1.29 is 4.79 Å². The van der Waals surface area contributed by atoms with E-state index in [2.05, 4.69) is 63.9 Å². The first-order chi connectivity index (χ1) is 20.1. The van der Waals surface area contributed by atoms with E-state index < -0.39 is 0 Å². The van der Waals surface area contributed by atoms with Gasteiger partial charge in [0.15, 0.2) is 5.65 Å². The van der Waals surface area contributed by atoms with Crippen molar-refractivity contribution in [2.24, 2.45) is 0 Å². The van der Waals surface area contributed by atoms with E-state index in [-0.39, 0.29) is 29.5 Å². The van der Waals surface area contributed by atoms with Crippen LogP contribution in [0.3, 0.4) is 0 Å².